The van der Waals surface area contributed by atoms with Crippen LogP contribution < -0.4 is 5.32 Å². The molecule has 138 valence electrons. The van der Waals surface area contributed by atoms with Crippen LogP contribution in [0.25, 0.3) is 0 Å². The van der Waals surface area contributed by atoms with Crippen molar-refractivity contribution in [3.05, 3.63) is 29.8 Å². The molecule has 1 amide bonds. The number of hydrogen-bond donors (Lipinski definition) is 1. The number of likely N-dealkylation sites (tertiary alicyclic amines) is 1. The van der Waals surface area contributed by atoms with Gasteiger partial charge in [-0.05, 0) is 38.2 Å². The van der Waals surface area contributed by atoms with Crippen LogP contribution in [-0.4, -0.2) is 47.9 Å². The van der Waals surface area contributed by atoms with Crippen LogP contribution >= 0.6 is 11.8 Å². The van der Waals surface area contributed by atoms with E-state index in [0.29, 0.717) is 49.0 Å². The van der Waals surface area contributed by atoms with E-state index in [2.05, 4.69) is 10.3 Å². The van der Waals surface area contributed by atoms with Gasteiger partial charge in [-0.25, -0.2) is 4.99 Å². The van der Waals surface area contributed by atoms with E-state index in [1.807, 2.05) is 6.19 Å². The zero-order valence-electron chi connectivity index (χ0n) is 14.9. The second-order valence-corrected chi connectivity index (χ2v) is 6.49. The fourth-order valence-electron chi connectivity index (χ4n) is 2.78. The van der Waals surface area contributed by atoms with Crippen LogP contribution in [0.1, 0.15) is 30.1 Å². The number of aliphatic imine (C=N–C) groups is 1. The number of amidine groups is 1. The van der Waals surface area contributed by atoms with Crippen molar-refractivity contribution in [2.24, 2.45) is 10.9 Å². The third kappa shape index (κ3) is 4.99. The molecule has 1 aromatic carbocycles. The van der Waals surface area contributed by atoms with E-state index in [9.17, 15) is 9.59 Å². The van der Waals surface area contributed by atoms with Gasteiger partial charge in [0, 0.05) is 13.1 Å². The maximum Gasteiger partial charge on any atom is 0.309 e. The molecule has 1 heterocycles. The topological polar surface area (TPSA) is 94.8 Å². The molecule has 0 aliphatic carbocycles. The number of benzene rings is 1. The van der Waals surface area contributed by atoms with Crippen LogP contribution in [0.2, 0.25) is 0 Å². The molecule has 2 rings (SSSR count). The van der Waals surface area contributed by atoms with Gasteiger partial charge in [0.2, 0.25) is 0 Å². The minimum absolute atomic E-state index is 0.121. The molecule has 1 saturated heterocycles. The molecule has 0 atom stereocenters. The standard InChI is InChI=1S/C18H22N4O3S/c1-3-25-17(24)13-8-10-22(11-9-13)16(23)14-6-4-5-7-15(14)21-18(26-2)20-12-19/h4-7,13H,3,8-11H2,1-2H3,(H,20,21). The Labute approximate surface area is 157 Å². The van der Waals surface area contributed by atoms with Crippen LogP contribution in [0.15, 0.2) is 29.3 Å². The van der Waals surface area contributed by atoms with Crippen molar-refractivity contribution in [1.82, 2.24) is 10.2 Å². The molecule has 0 saturated carbocycles. The van der Waals surface area contributed by atoms with E-state index in [0.717, 1.165) is 0 Å². The van der Waals surface area contributed by atoms with E-state index in [-0.39, 0.29) is 17.8 Å². The number of amides is 1. The highest BCUT2D eigenvalue weighted by Crippen LogP contribution is 2.25. The minimum Gasteiger partial charge on any atom is -0.466 e. The van der Waals surface area contributed by atoms with E-state index in [1.54, 1.807) is 42.3 Å². The fraction of sp³-hybridized carbons (Fsp3) is 0.444. The minimum atomic E-state index is -0.184. The molecule has 0 aromatic heterocycles. The van der Waals surface area contributed by atoms with Crippen LogP contribution in [0.3, 0.4) is 0 Å². The average Bonchev–Trinajstić information content (AvgIpc) is 2.67. The first kappa shape index (κ1) is 19.8. The summed E-state index contributed by atoms with van der Waals surface area (Å²) in [6.07, 6.45) is 4.83. The highest BCUT2D eigenvalue weighted by atomic mass is 32.2. The summed E-state index contributed by atoms with van der Waals surface area (Å²) in [4.78, 5) is 30.8. The van der Waals surface area contributed by atoms with Gasteiger partial charge in [-0.15, -0.1) is 0 Å². The second kappa shape index (κ2) is 9.82. The van der Waals surface area contributed by atoms with Crippen LogP contribution in [0, 0.1) is 17.4 Å². The Kier molecular flexibility index (Phi) is 7.48. The SMILES string of the molecule is CCOC(=O)C1CCN(C(=O)c2ccccc2N=C(NC#N)SC)CC1. The third-order valence-electron chi connectivity index (χ3n) is 4.11. The lowest BCUT2D eigenvalue weighted by Crippen LogP contribution is -2.40. The predicted molar refractivity (Wildman–Crippen MR) is 101 cm³/mol. The van der Waals surface area contributed by atoms with Crippen LogP contribution in [0.5, 0.6) is 0 Å². The molecule has 1 aliphatic heterocycles. The lowest BCUT2D eigenvalue weighted by Gasteiger charge is -2.31. The summed E-state index contributed by atoms with van der Waals surface area (Å²) in [5.74, 6) is -0.448. The fourth-order valence-corrected chi connectivity index (χ4v) is 3.12. The zero-order chi connectivity index (χ0) is 18.9. The number of hydrogen-bond acceptors (Lipinski definition) is 6. The predicted octanol–water partition coefficient (Wildman–Crippen LogP) is 2.52. The summed E-state index contributed by atoms with van der Waals surface area (Å²) < 4.78 is 5.06. The largest absolute Gasteiger partial charge is 0.466 e. The normalized spacial score (nSPS) is 15.3. The number of para-hydroxylation sites is 1. The lowest BCUT2D eigenvalue weighted by atomic mass is 9.96. The molecule has 0 radical (unpaired) electrons. The van der Waals surface area contributed by atoms with Crippen LogP contribution in [-0.2, 0) is 9.53 Å². The van der Waals surface area contributed by atoms with Crippen molar-refractivity contribution in [2.75, 3.05) is 26.0 Å². The first-order chi connectivity index (χ1) is 12.6. The number of thioether (sulfide) groups is 1. The number of ether oxygens (including phenoxy) is 1. The molecule has 1 aliphatic rings. The highest BCUT2D eigenvalue weighted by molar-refractivity contribution is 8.13. The van der Waals surface area contributed by atoms with Gasteiger partial charge in [0.1, 0.15) is 0 Å². The van der Waals surface area contributed by atoms with E-state index in [4.69, 9.17) is 10.00 Å². The summed E-state index contributed by atoms with van der Waals surface area (Å²) in [5.41, 5.74) is 0.991. The molecule has 1 N–H and O–H groups in total. The van der Waals surface area contributed by atoms with Crippen molar-refractivity contribution in [3.8, 4) is 6.19 Å². The molecule has 1 fully saturated rings. The van der Waals surface area contributed by atoms with E-state index < -0.39 is 0 Å². The summed E-state index contributed by atoms with van der Waals surface area (Å²) in [6.45, 7) is 3.17. The number of piperidine rings is 1. The van der Waals surface area contributed by atoms with Gasteiger partial charge >= 0.3 is 5.97 Å². The maximum absolute atomic E-state index is 12.9. The number of carbonyl (C=O) groups is 2. The quantitative estimate of drug-likeness (QED) is 0.286. The molecule has 8 heteroatoms. The number of rotatable bonds is 4. The Hall–Kier alpha value is -2.53. The Balaban J connectivity index is 2.12. The third-order valence-corrected chi connectivity index (χ3v) is 4.69. The Bertz CT molecular complexity index is 721. The molecule has 1 aromatic rings. The smallest absolute Gasteiger partial charge is 0.309 e. The summed E-state index contributed by atoms with van der Waals surface area (Å²) >= 11 is 1.29. The number of nitrogens with zero attached hydrogens (tertiary/aromatic N) is 3. The van der Waals surface area contributed by atoms with Crippen molar-refractivity contribution in [1.29, 1.82) is 5.26 Å². The molecule has 7 nitrogen and oxygen atoms in total. The molecular weight excluding hydrogens is 352 g/mol. The van der Waals surface area contributed by atoms with Gasteiger partial charge in [0.05, 0.1) is 23.8 Å². The molecule has 0 unspecified atom stereocenters. The van der Waals surface area contributed by atoms with Gasteiger partial charge in [-0.3, -0.25) is 14.9 Å². The Morgan fingerprint density at radius 2 is 2.08 bits per heavy atom. The van der Waals surface area contributed by atoms with Crippen molar-refractivity contribution in [3.63, 3.8) is 0 Å². The number of nitrogens with one attached hydrogen (secondary N) is 1. The van der Waals surface area contributed by atoms with Crippen LogP contribution in [0.4, 0.5) is 5.69 Å². The van der Waals surface area contributed by atoms with Gasteiger partial charge in [0.15, 0.2) is 11.4 Å². The summed E-state index contributed by atoms with van der Waals surface area (Å²) in [6, 6.07) is 7.05. The number of nitriles is 1. The highest BCUT2D eigenvalue weighted by Gasteiger charge is 2.29. The first-order valence-corrected chi connectivity index (χ1v) is 9.65. The van der Waals surface area contributed by atoms with E-state index in [1.165, 1.54) is 11.8 Å². The van der Waals surface area contributed by atoms with Crippen molar-refractivity contribution < 1.29 is 14.3 Å². The monoisotopic (exact) mass is 374 g/mol. The molecule has 26 heavy (non-hydrogen) atoms. The zero-order valence-corrected chi connectivity index (χ0v) is 15.7. The van der Waals surface area contributed by atoms with Gasteiger partial charge in [-0.2, -0.15) is 5.26 Å². The molecular formula is C18H22N4O3S. The van der Waals surface area contributed by atoms with Crippen molar-refractivity contribution >= 4 is 34.5 Å². The van der Waals surface area contributed by atoms with E-state index >= 15 is 0 Å². The maximum atomic E-state index is 12.9. The van der Waals surface area contributed by atoms with Gasteiger partial charge < -0.3 is 9.64 Å². The number of carbonyl (C=O) groups excluding carboxylic acids is 2. The second-order valence-electron chi connectivity index (χ2n) is 5.69. The number of esters is 1. The Morgan fingerprint density at radius 1 is 1.38 bits per heavy atom. The molecule has 0 spiro atoms. The summed E-state index contributed by atoms with van der Waals surface area (Å²) in [5, 5.41) is 11.7. The van der Waals surface area contributed by atoms with Crippen molar-refractivity contribution in [2.45, 2.75) is 19.8 Å². The first-order valence-electron chi connectivity index (χ1n) is 8.43. The summed E-state index contributed by atoms with van der Waals surface area (Å²) in [7, 11) is 0. The van der Waals surface area contributed by atoms with Gasteiger partial charge in [-0.1, -0.05) is 23.9 Å². The lowest BCUT2D eigenvalue weighted by molar-refractivity contribution is -0.149. The molecule has 0 bridgehead atoms. The van der Waals surface area contributed by atoms with Gasteiger partial charge in [0.25, 0.3) is 5.91 Å². The Morgan fingerprint density at radius 3 is 2.69 bits per heavy atom. The average molecular weight is 374 g/mol.